The average molecular weight is 416 g/mol. The second-order valence-corrected chi connectivity index (χ2v) is 8.58. The molecular formula is C17H21FN2O7S. The average Bonchev–Trinajstić information content (AvgIpc) is 2.78. The molecule has 0 aromatic heterocycles. The lowest BCUT2D eigenvalue weighted by Gasteiger charge is -2.22. The van der Waals surface area contributed by atoms with Gasteiger partial charge in [-0.1, -0.05) is 16.3 Å². The summed E-state index contributed by atoms with van der Waals surface area (Å²) >= 11 is 0.362. The van der Waals surface area contributed by atoms with Gasteiger partial charge in [-0.05, 0) is 32.4 Å². The van der Waals surface area contributed by atoms with E-state index in [0.29, 0.717) is 11.9 Å². The van der Waals surface area contributed by atoms with Crippen LogP contribution < -0.4 is 5.32 Å². The standard InChI is InChI=1S/C17H21FN2O7S/c1-17(2,3)27-16(24)19-12(15(22)23)7-9-4-5-10(11(18)6-9)13-8-14(21)20(25,26)28-13/h4-6,12-13,25H,7-8H2,1-3H3,(H,19,24)(H,22,23)/t12-,13?/m0/s1. The number of rotatable bonds is 5. The van der Waals surface area contributed by atoms with E-state index in [-0.39, 0.29) is 24.0 Å². The molecule has 0 aliphatic carbocycles. The fraction of sp³-hybridized carbons (Fsp3) is 0.471. The van der Waals surface area contributed by atoms with Crippen molar-refractivity contribution in [1.29, 1.82) is 0 Å². The van der Waals surface area contributed by atoms with Gasteiger partial charge in [0.2, 0.25) is 0 Å². The molecule has 1 aliphatic rings. The van der Waals surface area contributed by atoms with Crippen LogP contribution in [0.25, 0.3) is 0 Å². The van der Waals surface area contributed by atoms with E-state index in [2.05, 4.69) is 5.32 Å². The summed E-state index contributed by atoms with van der Waals surface area (Å²) in [4.78, 5) is 34.6. The number of carbonyl (C=O) groups excluding carboxylic acids is 2. The summed E-state index contributed by atoms with van der Waals surface area (Å²) < 4.78 is 17.3. The van der Waals surface area contributed by atoms with Crippen molar-refractivity contribution in [3.05, 3.63) is 40.4 Å². The van der Waals surface area contributed by atoms with Gasteiger partial charge in [0.1, 0.15) is 34.7 Å². The fourth-order valence-electron chi connectivity index (χ4n) is 2.55. The van der Waals surface area contributed by atoms with Crippen LogP contribution in [-0.2, 0) is 20.7 Å². The molecule has 1 aromatic rings. The van der Waals surface area contributed by atoms with Crippen molar-refractivity contribution in [2.75, 3.05) is 0 Å². The maximum absolute atomic E-state index is 14.4. The van der Waals surface area contributed by atoms with E-state index in [1.54, 1.807) is 20.8 Å². The fourth-order valence-corrected chi connectivity index (χ4v) is 3.61. The lowest BCUT2D eigenvalue weighted by Crippen LogP contribution is -2.44. The van der Waals surface area contributed by atoms with Crippen molar-refractivity contribution in [2.24, 2.45) is 0 Å². The number of hydroxylamine groups is 2. The third-order valence-electron chi connectivity index (χ3n) is 3.79. The molecule has 154 valence electrons. The summed E-state index contributed by atoms with van der Waals surface area (Å²) in [5.74, 6) is -3.04. The van der Waals surface area contributed by atoms with Crippen LogP contribution in [-0.4, -0.2) is 44.1 Å². The summed E-state index contributed by atoms with van der Waals surface area (Å²) in [5.41, 5.74) is -0.468. The van der Waals surface area contributed by atoms with Crippen molar-refractivity contribution < 1.29 is 38.0 Å². The van der Waals surface area contributed by atoms with Gasteiger partial charge in [-0.25, -0.2) is 18.8 Å². The minimum atomic E-state index is -2.12. The van der Waals surface area contributed by atoms with Crippen molar-refractivity contribution >= 4 is 29.9 Å². The quantitative estimate of drug-likeness (QED) is 0.288. The van der Waals surface area contributed by atoms with Crippen molar-refractivity contribution in [3.8, 4) is 0 Å². The molecule has 11 heteroatoms. The predicted octanol–water partition coefficient (Wildman–Crippen LogP) is 2.67. The molecule has 3 atom stereocenters. The molecule has 0 saturated carbocycles. The second-order valence-electron chi connectivity index (χ2n) is 7.31. The highest BCUT2D eigenvalue weighted by Gasteiger charge is 2.44. The molecule has 28 heavy (non-hydrogen) atoms. The van der Waals surface area contributed by atoms with Gasteiger partial charge in [0.25, 0.3) is 0 Å². The van der Waals surface area contributed by atoms with Gasteiger partial charge < -0.3 is 20.4 Å². The smallest absolute Gasteiger partial charge is 0.408 e. The summed E-state index contributed by atoms with van der Waals surface area (Å²) in [5, 5.41) is 31.5. The minimum Gasteiger partial charge on any atom is -0.579 e. The molecule has 1 heterocycles. The lowest BCUT2D eigenvalue weighted by molar-refractivity contribution is -0.880. The van der Waals surface area contributed by atoms with Crippen LogP contribution in [0.15, 0.2) is 18.2 Å². The van der Waals surface area contributed by atoms with E-state index in [1.165, 1.54) is 12.1 Å². The number of benzene rings is 1. The van der Waals surface area contributed by atoms with E-state index in [0.717, 1.165) is 6.07 Å². The zero-order valence-electron chi connectivity index (χ0n) is 15.5. The van der Waals surface area contributed by atoms with E-state index in [1.807, 2.05) is 0 Å². The van der Waals surface area contributed by atoms with Crippen molar-refractivity contribution in [3.63, 3.8) is 0 Å². The van der Waals surface area contributed by atoms with Crippen molar-refractivity contribution in [2.45, 2.75) is 50.5 Å². The molecule has 1 aromatic carbocycles. The highest BCUT2D eigenvalue weighted by molar-refractivity contribution is 7.94. The van der Waals surface area contributed by atoms with E-state index < -0.39 is 44.9 Å². The van der Waals surface area contributed by atoms with Crippen LogP contribution in [0.3, 0.4) is 0 Å². The van der Waals surface area contributed by atoms with Crippen LogP contribution >= 0.6 is 11.9 Å². The summed E-state index contributed by atoms with van der Waals surface area (Å²) in [6.45, 7) is 4.89. The Balaban J connectivity index is 2.10. The number of aliphatic carboxylic acids is 1. The number of halogens is 1. The van der Waals surface area contributed by atoms with E-state index in [9.17, 15) is 34.3 Å². The topological polar surface area (TPSA) is 136 Å². The number of carboxylic acid groups (broad SMARTS) is 1. The molecule has 0 bridgehead atoms. The first-order valence-electron chi connectivity index (χ1n) is 8.34. The number of amides is 2. The Kier molecular flexibility index (Phi) is 6.34. The van der Waals surface area contributed by atoms with Gasteiger partial charge in [0.05, 0.1) is 6.42 Å². The summed E-state index contributed by atoms with van der Waals surface area (Å²) in [7, 11) is 0. The van der Waals surface area contributed by atoms with Gasteiger partial charge in [-0.2, -0.15) is 5.21 Å². The Bertz CT molecular complexity index is 794. The monoisotopic (exact) mass is 416 g/mol. The second kappa shape index (κ2) is 8.03. The van der Waals surface area contributed by atoms with Gasteiger partial charge in [0.15, 0.2) is 0 Å². The molecule has 1 saturated heterocycles. The highest BCUT2D eigenvalue weighted by atomic mass is 32.2. The number of nitrogens with one attached hydrogen (secondary N) is 1. The summed E-state index contributed by atoms with van der Waals surface area (Å²) in [6, 6.07) is 2.49. The number of quaternary nitrogens is 1. The molecule has 2 unspecified atom stereocenters. The highest BCUT2D eigenvalue weighted by Crippen LogP contribution is 2.46. The number of hydrogen-bond acceptors (Lipinski definition) is 7. The maximum atomic E-state index is 14.4. The number of carbonyl (C=O) groups is 3. The first-order valence-corrected chi connectivity index (χ1v) is 9.17. The van der Waals surface area contributed by atoms with Crippen LogP contribution in [0.5, 0.6) is 0 Å². The molecule has 3 N–H and O–H groups in total. The Morgan fingerprint density at radius 3 is 2.57 bits per heavy atom. The number of hydrogen-bond donors (Lipinski definition) is 3. The first kappa shape index (κ1) is 22.1. The SMILES string of the molecule is CC(C)(C)OC(=O)N[C@@H](Cc1ccc(C2CC(=O)[N+]([O-])(O)S2)c(F)c1)C(=O)O. The number of alkyl carbamates (subject to hydrolysis) is 1. The summed E-state index contributed by atoms with van der Waals surface area (Å²) in [6.07, 6.45) is -1.44. The third-order valence-corrected chi connectivity index (χ3v) is 4.95. The Labute approximate surface area is 164 Å². The van der Waals surface area contributed by atoms with E-state index >= 15 is 0 Å². The molecule has 2 rings (SSSR count). The molecule has 9 nitrogen and oxygen atoms in total. The first-order chi connectivity index (χ1) is 12.8. The van der Waals surface area contributed by atoms with Gasteiger partial charge >= 0.3 is 18.0 Å². The van der Waals surface area contributed by atoms with Crippen LogP contribution in [0.4, 0.5) is 9.18 Å². The zero-order chi connectivity index (χ0) is 21.3. The lowest BCUT2D eigenvalue weighted by atomic mass is 10.0. The number of carboxylic acids is 1. The zero-order valence-corrected chi connectivity index (χ0v) is 16.3. The van der Waals surface area contributed by atoms with Crippen LogP contribution in [0, 0.1) is 11.0 Å². The number of nitrogens with zero attached hydrogens (tertiary/aromatic N) is 1. The maximum Gasteiger partial charge on any atom is 0.408 e. The third kappa shape index (κ3) is 5.64. The molecule has 2 amide bonds. The minimum absolute atomic E-state index is 0.0546. The van der Waals surface area contributed by atoms with Gasteiger partial charge in [-0.3, -0.25) is 0 Å². The normalized spacial score (nSPS) is 23.4. The molecule has 0 radical (unpaired) electrons. The predicted molar refractivity (Wildman–Crippen MR) is 96.3 cm³/mol. The largest absolute Gasteiger partial charge is 0.579 e. The number of ether oxygens (including phenoxy) is 1. The molecule has 0 spiro atoms. The Morgan fingerprint density at radius 1 is 1.46 bits per heavy atom. The molecule has 1 aliphatic heterocycles. The Hall–Kier alpha value is -2.21. The molecule has 1 fully saturated rings. The van der Waals surface area contributed by atoms with Gasteiger partial charge in [0, 0.05) is 12.0 Å². The molecular weight excluding hydrogens is 395 g/mol. The van der Waals surface area contributed by atoms with Crippen molar-refractivity contribution in [1.82, 2.24) is 5.32 Å². The van der Waals surface area contributed by atoms with Gasteiger partial charge in [-0.15, -0.1) is 0 Å². The van der Waals surface area contributed by atoms with Crippen LogP contribution in [0.2, 0.25) is 0 Å². The van der Waals surface area contributed by atoms with Crippen LogP contribution in [0.1, 0.15) is 43.6 Å². The Morgan fingerprint density at radius 2 is 2.11 bits per heavy atom. The van der Waals surface area contributed by atoms with E-state index in [4.69, 9.17) is 4.74 Å².